The molecule has 6 nitrogen and oxygen atoms in total. The lowest BCUT2D eigenvalue weighted by molar-refractivity contribution is -0.358. The zero-order chi connectivity index (χ0) is 13.6. The molecule has 0 spiro atoms. The first kappa shape index (κ1) is 12.7. The molecule has 2 aromatic rings. The van der Waals surface area contributed by atoms with Crippen molar-refractivity contribution in [3.8, 4) is 0 Å². The minimum absolute atomic E-state index is 0.0554. The third-order valence-corrected chi connectivity index (χ3v) is 5.13. The Morgan fingerprint density at radius 1 is 1.53 bits per heavy atom. The van der Waals surface area contributed by atoms with Crippen molar-refractivity contribution in [2.75, 3.05) is 12.3 Å². The molecule has 1 atom stereocenters. The first-order valence-electron chi connectivity index (χ1n) is 5.75. The van der Waals surface area contributed by atoms with Gasteiger partial charge in [-0.2, -0.15) is 0 Å². The van der Waals surface area contributed by atoms with E-state index in [0.29, 0.717) is 18.2 Å². The lowest BCUT2D eigenvalue weighted by atomic mass is 10.1. The maximum Gasteiger partial charge on any atom is 0.350 e. The number of rotatable bonds is 2. The Labute approximate surface area is 126 Å². The number of fused-ring (bicyclic) bond motifs is 1. The van der Waals surface area contributed by atoms with Crippen molar-refractivity contribution in [2.24, 2.45) is 0 Å². The topological polar surface area (TPSA) is 90.0 Å². The van der Waals surface area contributed by atoms with E-state index in [4.69, 9.17) is 5.73 Å². The number of nitrogens with zero attached hydrogens (tertiary/aromatic N) is 1. The highest BCUT2D eigenvalue weighted by Gasteiger charge is 2.29. The van der Waals surface area contributed by atoms with Gasteiger partial charge in [-0.15, -0.1) is 0 Å². The van der Waals surface area contributed by atoms with Gasteiger partial charge in [0.25, 0.3) is 5.91 Å². The van der Waals surface area contributed by atoms with Gasteiger partial charge in [-0.05, 0) is 37.9 Å². The number of halogens is 2. The molecule has 0 saturated carbocycles. The van der Waals surface area contributed by atoms with E-state index >= 15 is 0 Å². The zero-order valence-electron chi connectivity index (χ0n) is 9.84. The molecule has 3 rings (SSSR count). The summed E-state index contributed by atoms with van der Waals surface area (Å²) >= 11 is 6.95. The van der Waals surface area contributed by atoms with Crippen LogP contribution in [0.1, 0.15) is 22.2 Å². The van der Waals surface area contributed by atoms with Crippen molar-refractivity contribution in [3.05, 3.63) is 32.7 Å². The van der Waals surface area contributed by atoms with Gasteiger partial charge >= 0.3 is 5.95 Å². The van der Waals surface area contributed by atoms with Gasteiger partial charge in [-0.1, -0.05) is 0 Å². The summed E-state index contributed by atoms with van der Waals surface area (Å²) in [7, 11) is 0. The van der Waals surface area contributed by atoms with Gasteiger partial charge in [-0.3, -0.25) is 10.5 Å². The van der Waals surface area contributed by atoms with Gasteiger partial charge in [0.2, 0.25) is 0 Å². The summed E-state index contributed by atoms with van der Waals surface area (Å²) in [5, 5.41) is 2.90. The molecule has 19 heavy (non-hydrogen) atoms. The summed E-state index contributed by atoms with van der Waals surface area (Å²) in [5.74, 6) is 0.475. The molecule has 1 amide bonds. The van der Waals surface area contributed by atoms with Crippen molar-refractivity contribution < 1.29 is 9.78 Å². The minimum Gasteiger partial charge on any atom is -0.349 e. The van der Waals surface area contributed by atoms with Gasteiger partial charge in [0, 0.05) is 13.0 Å². The van der Waals surface area contributed by atoms with E-state index in [9.17, 15) is 4.79 Å². The van der Waals surface area contributed by atoms with Crippen molar-refractivity contribution in [2.45, 2.75) is 12.5 Å². The fourth-order valence-electron chi connectivity index (χ4n) is 2.33. The van der Waals surface area contributed by atoms with Crippen molar-refractivity contribution in [1.82, 2.24) is 14.9 Å². The minimum atomic E-state index is -0.0554. The Morgan fingerprint density at radius 2 is 2.32 bits per heavy atom. The molecule has 1 unspecified atom stereocenters. The number of nitrogen functional groups attached to an aromatic ring is 1. The Balaban J connectivity index is 1.96. The monoisotopic (exact) mass is 388 g/mol. The van der Waals surface area contributed by atoms with Gasteiger partial charge < -0.3 is 9.88 Å². The van der Waals surface area contributed by atoms with Crippen LogP contribution in [0.2, 0.25) is 0 Å². The molecule has 5 N–H and O–H groups in total. The second-order valence-electron chi connectivity index (χ2n) is 4.46. The summed E-state index contributed by atoms with van der Waals surface area (Å²) in [5.41, 5.74) is 7.28. The maximum atomic E-state index is 11.8. The lowest BCUT2D eigenvalue weighted by Crippen LogP contribution is -2.39. The van der Waals surface area contributed by atoms with Crippen LogP contribution < -0.4 is 16.0 Å². The highest BCUT2D eigenvalue weighted by atomic mass is 79.9. The number of H-pyrrole nitrogens is 2. The number of carbonyl (C=O) groups excluding carboxylic acids is 1. The third-order valence-electron chi connectivity index (χ3n) is 3.18. The first-order chi connectivity index (χ1) is 9.06. The number of aromatic nitrogens is 3. The van der Waals surface area contributed by atoms with E-state index in [2.05, 4.69) is 47.1 Å². The standard InChI is InChI=1S/C11H11Br2N5O/c12-7-2-8-10(19)15-4-6(18(8)9(7)13)1-5-3-16-11(14)17-5/h2-3,6H,1,4H2,(H,15,19)(H3,14,16,17)/p+1. The summed E-state index contributed by atoms with van der Waals surface area (Å²) in [6.45, 7) is 0.588. The Bertz CT molecular complexity index is 648. The van der Waals surface area contributed by atoms with Crippen LogP contribution in [0.5, 0.6) is 0 Å². The normalized spacial score (nSPS) is 18.2. The van der Waals surface area contributed by atoms with Crippen LogP contribution in [0.4, 0.5) is 5.95 Å². The number of hydrogen-bond donors (Lipinski definition) is 3. The molecular weight excluding hydrogens is 378 g/mol. The average Bonchev–Trinajstić information content (AvgIpc) is 2.90. The maximum absolute atomic E-state index is 11.8. The van der Waals surface area contributed by atoms with E-state index in [1.165, 1.54) is 0 Å². The number of imidazole rings is 1. The van der Waals surface area contributed by atoms with Gasteiger partial charge in [0.15, 0.2) is 0 Å². The average molecular weight is 390 g/mol. The summed E-state index contributed by atoms with van der Waals surface area (Å²) in [6.07, 6.45) is 2.60. The molecule has 8 heteroatoms. The van der Waals surface area contributed by atoms with E-state index in [0.717, 1.165) is 21.2 Å². The van der Waals surface area contributed by atoms with Crippen molar-refractivity contribution in [3.63, 3.8) is 0 Å². The van der Waals surface area contributed by atoms with Gasteiger partial charge in [0.1, 0.15) is 11.4 Å². The molecule has 0 fully saturated rings. The van der Waals surface area contributed by atoms with Crippen LogP contribution in [-0.2, 0) is 6.42 Å². The summed E-state index contributed by atoms with van der Waals surface area (Å²) in [6, 6.07) is 1.96. The van der Waals surface area contributed by atoms with Crippen LogP contribution in [0.3, 0.4) is 0 Å². The highest BCUT2D eigenvalue weighted by Crippen LogP contribution is 2.33. The SMILES string of the molecule is Nc1[nH]c(CC2CNC(=O)c3cc(Br)c(Br)n32)c[nH+]1. The smallest absolute Gasteiger partial charge is 0.349 e. The second kappa shape index (κ2) is 4.68. The number of amides is 1. The second-order valence-corrected chi connectivity index (χ2v) is 6.06. The molecule has 2 aromatic heterocycles. The van der Waals surface area contributed by atoms with Gasteiger partial charge in [-0.25, -0.2) is 9.97 Å². The third kappa shape index (κ3) is 2.18. The largest absolute Gasteiger partial charge is 0.350 e. The fourth-order valence-corrected chi connectivity index (χ4v) is 3.33. The number of nitrogens with one attached hydrogen (secondary N) is 3. The Morgan fingerprint density at radius 3 is 3.00 bits per heavy atom. The Kier molecular flexibility index (Phi) is 3.14. The predicted octanol–water partition coefficient (Wildman–Crippen LogP) is 1.26. The molecule has 0 radical (unpaired) electrons. The van der Waals surface area contributed by atoms with Crippen LogP contribution in [0.15, 0.2) is 21.3 Å². The van der Waals surface area contributed by atoms with E-state index in [1.54, 1.807) is 0 Å². The number of nitrogens with two attached hydrogens (primary N) is 1. The molecule has 0 bridgehead atoms. The molecule has 0 aromatic carbocycles. The van der Waals surface area contributed by atoms with Crippen LogP contribution in [-0.4, -0.2) is 22.0 Å². The summed E-state index contributed by atoms with van der Waals surface area (Å²) < 4.78 is 3.76. The molecular formula is C11H12Br2N5O+. The molecule has 0 aliphatic carbocycles. The number of carbonyl (C=O) groups is 1. The van der Waals surface area contributed by atoms with E-state index in [-0.39, 0.29) is 11.9 Å². The zero-order valence-corrected chi connectivity index (χ0v) is 13.0. The van der Waals surface area contributed by atoms with Crippen LogP contribution in [0, 0.1) is 0 Å². The molecule has 1 aliphatic rings. The molecule has 100 valence electrons. The number of aromatic amines is 2. The van der Waals surface area contributed by atoms with Crippen molar-refractivity contribution >= 4 is 43.7 Å². The van der Waals surface area contributed by atoms with E-state index in [1.807, 2.05) is 16.8 Å². The number of anilines is 1. The molecule has 1 aliphatic heterocycles. The van der Waals surface area contributed by atoms with Crippen molar-refractivity contribution in [1.29, 1.82) is 0 Å². The predicted molar refractivity (Wildman–Crippen MR) is 76.7 cm³/mol. The van der Waals surface area contributed by atoms with E-state index < -0.39 is 0 Å². The summed E-state index contributed by atoms with van der Waals surface area (Å²) in [4.78, 5) is 17.8. The first-order valence-corrected chi connectivity index (χ1v) is 7.34. The lowest BCUT2D eigenvalue weighted by Gasteiger charge is -2.26. The molecule has 0 saturated heterocycles. The van der Waals surface area contributed by atoms with Crippen LogP contribution >= 0.6 is 31.9 Å². The fraction of sp³-hybridized carbons (Fsp3) is 0.273. The van der Waals surface area contributed by atoms with Crippen LogP contribution in [0.25, 0.3) is 0 Å². The molecule has 3 heterocycles. The van der Waals surface area contributed by atoms with Gasteiger partial charge in [0.05, 0.1) is 21.3 Å². The highest BCUT2D eigenvalue weighted by molar-refractivity contribution is 9.13. The number of hydrogen-bond acceptors (Lipinski definition) is 2. The quantitative estimate of drug-likeness (QED) is 0.721. The Hall–Kier alpha value is -1.28.